The second kappa shape index (κ2) is 20.4. The van der Waals surface area contributed by atoms with Crippen molar-refractivity contribution >= 4 is 5.97 Å². The zero-order chi connectivity index (χ0) is 31.6. The van der Waals surface area contributed by atoms with E-state index in [1.54, 1.807) is 42.0 Å². The first-order chi connectivity index (χ1) is 21.2. The minimum atomic E-state index is -0.419. The monoisotopic (exact) mass is 811 g/mol. The van der Waals surface area contributed by atoms with E-state index >= 15 is 0 Å². The Kier molecular flexibility index (Phi) is 18.3. The number of carbonyl (C=O) groups is 1. The topological polar surface area (TPSA) is 50.1 Å². The fourth-order valence-electron chi connectivity index (χ4n) is 7.30. The zero-order valence-electron chi connectivity index (χ0n) is 28.1. The number of nitrogens with zero attached hydrogens (tertiary/aromatic N) is 1. The standard InChI is InChI=1S/C25H38.C16H12NO2.2CH4.Re.2H2/c1-5-6-7-21-8-10-22(11-9-21)23-12-14-24(15-13-23)25-16-18(2)20(4)19(3)17-25;1-11-8-14(9-12(2)15(11)10-17)19-16(18)13-6-4-3-5-7-13;;;;;/h5-6,16-17,21-24H,7-15H2,1-4H3;4-9H,1-2H3;2*1H4;;2*1H/q;-1;;;;;/b6-5+;;;;;;. The van der Waals surface area contributed by atoms with Crippen molar-refractivity contribution in [2.45, 2.75) is 120 Å². The van der Waals surface area contributed by atoms with Crippen molar-refractivity contribution in [2.75, 3.05) is 0 Å². The van der Waals surface area contributed by atoms with E-state index in [2.05, 4.69) is 64.1 Å². The van der Waals surface area contributed by atoms with E-state index in [0.717, 1.165) is 34.8 Å². The molecule has 0 unspecified atom stereocenters. The van der Waals surface area contributed by atoms with Crippen molar-refractivity contribution < 1.29 is 32.8 Å². The first-order valence-electron chi connectivity index (χ1n) is 16.6. The molecule has 0 spiro atoms. The van der Waals surface area contributed by atoms with Crippen LogP contribution in [0, 0.1) is 69.8 Å². The van der Waals surface area contributed by atoms with Gasteiger partial charge in [-0.15, -0.1) is 0 Å². The van der Waals surface area contributed by atoms with Crippen LogP contribution in [0.2, 0.25) is 0 Å². The summed E-state index contributed by atoms with van der Waals surface area (Å²) in [7, 11) is 0. The van der Waals surface area contributed by atoms with Gasteiger partial charge in [0.25, 0.3) is 0 Å². The number of aryl methyl sites for hydroxylation is 4. The molecule has 2 aliphatic rings. The van der Waals surface area contributed by atoms with Crippen LogP contribution in [-0.4, -0.2) is 5.97 Å². The average Bonchev–Trinajstić information content (AvgIpc) is 3.03. The summed E-state index contributed by atoms with van der Waals surface area (Å²) in [6.45, 7) is 12.6. The summed E-state index contributed by atoms with van der Waals surface area (Å²) < 4.78 is 5.30. The van der Waals surface area contributed by atoms with Crippen LogP contribution >= 0.6 is 0 Å². The van der Waals surface area contributed by atoms with Gasteiger partial charge >= 0.3 is 5.97 Å². The summed E-state index contributed by atoms with van der Waals surface area (Å²) in [5, 5.41) is 8.99. The zero-order valence-corrected chi connectivity index (χ0v) is 30.8. The SMILES string of the molecule is C.C.C/C=C/CC1CCC(C2CCC(c3cc(C)c(C)c(C)c3)CC2)CC1.Cc1cc(OC(=O)c2cc[c-]cc2)cc(C)c1C#N.[HH].[HH].[Re]. The van der Waals surface area contributed by atoms with Gasteiger partial charge < -0.3 is 4.74 Å². The van der Waals surface area contributed by atoms with Crippen molar-refractivity contribution in [2.24, 2.45) is 17.8 Å². The third-order valence-corrected chi connectivity index (χ3v) is 10.2. The van der Waals surface area contributed by atoms with Gasteiger partial charge in [-0.3, -0.25) is 0 Å². The molecular formula is C43H62NO2Re-. The van der Waals surface area contributed by atoms with E-state index in [-0.39, 0.29) is 38.1 Å². The fraction of sp³-hybridized carbons (Fsp3) is 0.488. The maximum absolute atomic E-state index is 11.9. The summed E-state index contributed by atoms with van der Waals surface area (Å²) in [5.74, 6) is 3.88. The Hall–Kier alpha value is -2.98. The summed E-state index contributed by atoms with van der Waals surface area (Å²) in [6, 6.07) is 19.9. The molecule has 5 rings (SSSR count). The Labute approximate surface area is 303 Å². The normalized spacial score (nSPS) is 20.3. The third kappa shape index (κ3) is 11.6. The van der Waals surface area contributed by atoms with Crippen LogP contribution in [0.25, 0.3) is 0 Å². The van der Waals surface area contributed by atoms with Crippen LogP contribution < -0.4 is 4.74 Å². The molecule has 0 amide bonds. The third-order valence-electron chi connectivity index (χ3n) is 10.2. The largest absolute Gasteiger partial charge is 0.424 e. The summed E-state index contributed by atoms with van der Waals surface area (Å²) in [4.78, 5) is 11.9. The predicted octanol–water partition coefficient (Wildman–Crippen LogP) is 12.6. The Morgan fingerprint density at radius 3 is 1.85 bits per heavy atom. The van der Waals surface area contributed by atoms with Gasteiger partial charge in [-0.2, -0.15) is 35.6 Å². The number of allylic oxidation sites excluding steroid dienone is 2. The molecule has 1 radical (unpaired) electrons. The number of ether oxygens (including phenoxy) is 1. The van der Waals surface area contributed by atoms with Gasteiger partial charge in [-0.05, 0) is 174 Å². The minimum Gasteiger partial charge on any atom is -0.424 e. The summed E-state index contributed by atoms with van der Waals surface area (Å²) in [6.07, 6.45) is 17.7. The molecule has 2 saturated carbocycles. The molecule has 3 nitrogen and oxygen atoms in total. The minimum absolute atomic E-state index is 0. The molecule has 47 heavy (non-hydrogen) atoms. The van der Waals surface area contributed by atoms with Crippen molar-refractivity contribution in [3.63, 3.8) is 0 Å². The molecule has 0 atom stereocenters. The number of esters is 1. The molecule has 0 aliphatic heterocycles. The molecule has 259 valence electrons. The number of hydrogen-bond donors (Lipinski definition) is 0. The van der Waals surface area contributed by atoms with Crippen molar-refractivity contribution in [1.29, 1.82) is 5.26 Å². The van der Waals surface area contributed by atoms with Gasteiger partial charge in [0.05, 0.1) is 11.6 Å². The second-order valence-electron chi connectivity index (χ2n) is 13.2. The van der Waals surface area contributed by atoms with Crippen LogP contribution in [0.3, 0.4) is 0 Å². The number of rotatable bonds is 6. The van der Waals surface area contributed by atoms with E-state index in [4.69, 9.17) is 10.00 Å². The molecule has 2 fully saturated rings. The molecule has 0 saturated heterocycles. The van der Waals surface area contributed by atoms with Crippen LogP contribution in [0.5, 0.6) is 5.75 Å². The van der Waals surface area contributed by atoms with E-state index in [9.17, 15) is 4.79 Å². The molecule has 3 aromatic rings. The van der Waals surface area contributed by atoms with Crippen LogP contribution in [0.15, 0.2) is 60.7 Å². The molecule has 2 aliphatic carbocycles. The van der Waals surface area contributed by atoms with Crippen molar-refractivity contribution in [3.05, 3.63) is 111 Å². The summed E-state index contributed by atoms with van der Waals surface area (Å²) in [5.41, 5.74) is 8.75. The van der Waals surface area contributed by atoms with Crippen LogP contribution in [-0.2, 0) is 20.4 Å². The van der Waals surface area contributed by atoms with Gasteiger partial charge in [-0.25, -0.2) is 4.79 Å². The first-order valence-corrected chi connectivity index (χ1v) is 16.6. The van der Waals surface area contributed by atoms with Gasteiger partial charge in [0, 0.05) is 23.3 Å². The number of hydrogen-bond acceptors (Lipinski definition) is 3. The molecule has 0 bridgehead atoms. The van der Waals surface area contributed by atoms with E-state index in [1.807, 2.05) is 13.8 Å². The van der Waals surface area contributed by atoms with Gasteiger partial charge in [0.1, 0.15) is 5.75 Å². The number of nitriles is 1. The Morgan fingerprint density at radius 2 is 1.36 bits per heavy atom. The quantitative estimate of drug-likeness (QED) is 0.108. The van der Waals surface area contributed by atoms with Gasteiger partial charge in [0.15, 0.2) is 0 Å². The molecule has 0 aromatic heterocycles. The maximum Gasteiger partial charge on any atom is 0.318 e. The predicted molar refractivity (Wildman–Crippen MR) is 199 cm³/mol. The first kappa shape index (κ1) is 42.0. The molecule has 4 heteroatoms. The van der Waals surface area contributed by atoms with E-state index < -0.39 is 5.97 Å². The van der Waals surface area contributed by atoms with Crippen molar-refractivity contribution in [3.8, 4) is 11.8 Å². The van der Waals surface area contributed by atoms with Gasteiger partial charge in [0.2, 0.25) is 0 Å². The van der Waals surface area contributed by atoms with E-state index in [1.165, 1.54) is 74.5 Å². The number of benzene rings is 3. The Balaban J connectivity index is 0. The Bertz CT molecular complexity index is 1440. The van der Waals surface area contributed by atoms with Gasteiger partial charge in [-0.1, -0.05) is 39.1 Å². The Morgan fingerprint density at radius 1 is 0.851 bits per heavy atom. The smallest absolute Gasteiger partial charge is 0.318 e. The summed E-state index contributed by atoms with van der Waals surface area (Å²) >= 11 is 0. The number of carbonyl (C=O) groups excluding carboxylic acids is 1. The molecule has 3 aromatic carbocycles. The second-order valence-corrected chi connectivity index (χ2v) is 13.2. The van der Waals surface area contributed by atoms with Crippen LogP contribution in [0.1, 0.15) is 138 Å². The van der Waals surface area contributed by atoms with E-state index in [0.29, 0.717) is 16.9 Å². The molecule has 0 N–H and O–H groups in total. The fourth-order valence-corrected chi connectivity index (χ4v) is 7.30. The molecular weight excluding hydrogens is 749 g/mol. The van der Waals surface area contributed by atoms with Crippen molar-refractivity contribution in [1.82, 2.24) is 0 Å². The van der Waals surface area contributed by atoms with Crippen LogP contribution in [0.4, 0.5) is 0 Å². The molecule has 0 heterocycles. The average molecular weight is 811 g/mol. The maximum atomic E-state index is 11.9.